The van der Waals surface area contributed by atoms with Gasteiger partial charge in [-0.05, 0) is 23.3 Å². The molecule has 19 heavy (non-hydrogen) atoms. The molecular weight excluding hydrogens is 238 g/mol. The smallest absolute Gasteiger partial charge is 0.115 e. The number of ether oxygens (including phenoxy) is 1. The molecule has 0 saturated carbocycles. The average molecular weight is 255 g/mol. The van der Waals surface area contributed by atoms with Crippen LogP contribution in [0, 0.1) is 0 Å². The van der Waals surface area contributed by atoms with Crippen LogP contribution in [-0.4, -0.2) is 25.0 Å². The SMILES string of the molecule is Oc1ccc(C2(c3ccccc3)CNCOC2)cc1. The Hall–Kier alpha value is -1.84. The number of benzene rings is 2. The number of nitrogens with one attached hydrogen (secondary N) is 1. The Labute approximate surface area is 112 Å². The standard InChI is InChI=1S/C16H17NO2/c18-15-8-6-14(7-9-15)16(10-17-12-19-11-16)13-4-2-1-3-5-13/h1-9,17-18H,10-12H2. The summed E-state index contributed by atoms with van der Waals surface area (Å²) in [6, 6.07) is 17.8. The number of hydrogen-bond donors (Lipinski definition) is 2. The summed E-state index contributed by atoms with van der Waals surface area (Å²) in [5.41, 5.74) is 2.20. The fourth-order valence-corrected chi connectivity index (χ4v) is 2.69. The molecule has 1 aliphatic heterocycles. The first-order valence-electron chi connectivity index (χ1n) is 6.45. The summed E-state index contributed by atoms with van der Waals surface area (Å²) in [5.74, 6) is 0.289. The highest BCUT2D eigenvalue weighted by Gasteiger charge is 2.36. The Morgan fingerprint density at radius 1 is 0.947 bits per heavy atom. The molecule has 2 aromatic rings. The predicted molar refractivity (Wildman–Crippen MR) is 74.2 cm³/mol. The van der Waals surface area contributed by atoms with E-state index in [-0.39, 0.29) is 11.2 Å². The van der Waals surface area contributed by atoms with E-state index in [0.717, 1.165) is 12.1 Å². The second-order valence-electron chi connectivity index (χ2n) is 4.91. The van der Waals surface area contributed by atoms with E-state index in [1.165, 1.54) is 5.56 Å². The van der Waals surface area contributed by atoms with E-state index in [1.54, 1.807) is 12.1 Å². The maximum absolute atomic E-state index is 9.46. The molecule has 3 heteroatoms. The fraction of sp³-hybridized carbons (Fsp3) is 0.250. The topological polar surface area (TPSA) is 41.5 Å². The predicted octanol–water partition coefficient (Wildman–Crippen LogP) is 2.26. The van der Waals surface area contributed by atoms with Crippen molar-refractivity contribution in [3.8, 4) is 5.75 Å². The van der Waals surface area contributed by atoms with Gasteiger partial charge in [0.2, 0.25) is 0 Å². The second kappa shape index (κ2) is 5.03. The molecule has 1 atom stereocenters. The zero-order chi connectivity index (χ0) is 13.1. The van der Waals surface area contributed by atoms with Gasteiger partial charge >= 0.3 is 0 Å². The van der Waals surface area contributed by atoms with Crippen LogP contribution in [0.2, 0.25) is 0 Å². The van der Waals surface area contributed by atoms with Crippen molar-refractivity contribution in [2.24, 2.45) is 0 Å². The first kappa shape index (κ1) is 12.2. The Morgan fingerprint density at radius 3 is 2.26 bits per heavy atom. The van der Waals surface area contributed by atoms with Crippen molar-refractivity contribution in [3.05, 3.63) is 65.7 Å². The van der Waals surface area contributed by atoms with Crippen LogP contribution < -0.4 is 5.32 Å². The van der Waals surface area contributed by atoms with E-state index in [4.69, 9.17) is 4.74 Å². The lowest BCUT2D eigenvalue weighted by molar-refractivity contribution is 0.0420. The largest absolute Gasteiger partial charge is 0.508 e. The highest BCUT2D eigenvalue weighted by molar-refractivity contribution is 5.42. The van der Waals surface area contributed by atoms with Gasteiger partial charge in [0.15, 0.2) is 0 Å². The maximum atomic E-state index is 9.46. The molecule has 1 unspecified atom stereocenters. The van der Waals surface area contributed by atoms with Crippen LogP contribution in [0.5, 0.6) is 5.75 Å². The van der Waals surface area contributed by atoms with Gasteiger partial charge in [-0.1, -0.05) is 42.5 Å². The van der Waals surface area contributed by atoms with Crippen molar-refractivity contribution in [1.29, 1.82) is 0 Å². The lowest BCUT2D eigenvalue weighted by Crippen LogP contribution is -2.48. The van der Waals surface area contributed by atoms with Gasteiger partial charge in [0.25, 0.3) is 0 Å². The van der Waals surface area contributed by atoms with Crippen LogP contribution in [0.25, 0.3) is 0 Å². The monoisotopic (exact) mass is 255 g/mol. The molecule has 0 aromatic heterocycles. The summed E-state index contributed by atoms with van der Waals surface area (Å²) < 4.78 is 5.65. The molecule has 1 fully saturated rings. The van der Waals surface area contributed by atoms with Crippen molar-refractivity contribution < 1.29 is 9.84 Å². The van der Waals surface area contributed by atoms with Crippen molar-refractivity contribution in [2.75, 3.05) is 19.9 Å². The molecule has 0 bridgehead atoms. The third-order valence-electron chi connectivity index (χ3n) is 3.73. The van der Waals surface area contributed by atoms with E-state index in [9.17, 15) is 5.11 Å². The Morgan fingerprint density at radius 2 is 1.63 bits per heavy atom. The third kappa shape index (κ3) is 2.23. The van der Waals surface area contributed by atoms with Gasteiger partial charge in [0.1, 0.15) is 5.75 Å². The summed E-state index contributed by atoms with van der Waals surface area (Å²) in [7, 11) is 0. The number of hydrogen-bond acceptors (Lipinski definition) is 3. The Bertz CT molecular complexity index is 530. The molecule has 0 radical (unpaired) electrons. The molecule has 3 nitrogen and oxygen atoms in total. The summed E-state index contributed by atoms with van der Waals surface area (Å²) in [6.45, 7) is 2.07. The number of phenols is 1. The van der Waals surface area contributed by atoms with Crippen LogP contribution in [0.4, 0.5) is 0 Å². The van der Waals surface area contributed by atoms with E-state index in [0.29, 0.717) is 13.3 Å². The number of aromatic hydroxyl groups is 1. The van der Waals surface area contributed by atoms with Crippen molar-refractivity contribution in [3.63, 3.8) is 0 Å². The minimum Gasteiger partial charge on any atom is -0.508 e. The highest BCUT2D eigenvalue weighted by Crippen LogP contribution is 2.34. The van der Waals surface area contributed by atoms with Crippen LogP contribution >= 0.6 is 0 Å². The molecule has 2 N–H and O–H groups in total. The van der Waals surface area contributed by atoms with Crippen LogP contribution in [-0.2, 0) is 10.2 Å². The van der Waals surface area contributed by atoms with Crippen molar-refractivity contribution in [2.45, 2.75) is 5.41 Å². The van der Waals surface area contributed by atoms with Crippen LogP contribution in [0.3, 0.4) is 0 Å². The lowest BCUT2D eigenvalue weighted by Gasteiger charge is -2.38. The van der Waals surface area contributed by atoms with Gasteiger partial charge < -0.3 is 9.84 Å². The first-order valence-corrected chi connectivity index (χ1v) is 6.45. The zero-order valence-electron chi connectivity index (χ0n) is 10.7. The molecule has 2 aromatic carbocycles. The normalized spacial score (nSPS) is 23.2. The first-order chi connectivity index (χ1) is 9.31. The van der Waals surface area contributed by atoms with Gasteiger partial charge in [-0.25, -0.2) is 0 Å². The second-order valence-corrected chi connectivity index (χ2v) is 4.91. The van der Waals surface area contributed by atoms with Gasteiger partial charge in [0, 0.05) is 6.54 Å². The molecule has 3 rings (SSSR count). The van der Waals surface area contributed by atoms with Gasteiger partial charge in [-0.3, -0.25) is 5.32 Å². The van der Waals surface area contributed by atoms with E-state index < -0.39 is 0 Å². The summed E-state index contributed by atoms with van der Waals surface area (Å²) in [5, 5.41) is 12.8. The summed E-state index contributed by atoms with van der Waals surface area (Å²) in [4.78, 5) is 0. The zero-order valence-corrected chi connectivity index (χ0v) is 10.7. The van der Waals surface area contributed by atoms with Crippen molar-refractivity contribution >= 4 is 0 Å². The van der Waals surface area contributed by atoms with Gasteiger partial charge in [-0.15, -0.1) is 0 Å². The molecule has 98 valence electrons. The Balaban J connectivity index is 2.09. The molecule has 0 spiro atoms. The van der Waals surface area contributed by atoms with E-state index in [2.05, 4.69) is 17.4 Å². The molecular formula is C16H17NO2. The van der Waals surface area contributed by atoms with Crippen molar-refractivity contribution in [1.82, 2.24) is 5.32 Å². The number of rotatable bonds is 2. The summed E-state index contributed by atoms with van der Waals surface area (Å²) >= 11 is 0. The molecule has 0 amide bonds. The molecule has 0 aliphatic carbocycles. The van der Waals surface area contributed by atoms with Gasteiger partial charge in [-0.2, -0.15) is 0 Å². The molecule has 1 heterocycles. The van der Waals surface area contributed by atoms with Gasteiger partial charge in [0.05, 0.1) is 18.8 Å². The number of phenolic OH excluding ortho intramolecular Hbond substituents is 1. The fourth-order valence-electron chi connectivity index (χ4n) is 2.69. The summed E-state index contributed by atoms with van der Waals surface area (Å²) in [6.07, 6.45) is 0. The third-order valence-corrected chi connectivity index (χ3v) is 3.73. The highest BCUT2D eigenvalue weighted by atomic mass is 16.5. The molecule has 1 aliphatic rings. The quantitative estimate of drug-likeness (QED) is 0.865. The minimum atomic E-state index is -0.187. The van der Waals surface area contributed by atoms with Crippen LogP contribution in [0.15, 0.2) is 54.6 Å². The molecule has 1 saturated heterocycles. The van der Waals surface area contributed by atoms with E-state index in [1.807, 2.05) is 30.3 Å². The Kier molecular flexibility index (Phi) is 3.23. The average Bonchev–Trinajstić information content (AvgIpc) is 2.49. The van der Waals surface area contributed by atoms with Crippen LogP contribution in [0.1, 0.15) is 11.1 Å². The lowest BCUT2D eigenvalue weighted by atomic mass is 9.74. The minimum absolute atomic E-state index is 0.187. The van der Waals surface area contributed by atoms with E-state index >= 15 is 0 Å². The maximum Gasteiger partial charge on any atom is 0.115 e.